The van der Waals surface area contributed by atoms with Crippen LogP contribution in [0.25, 0.3) is 0 Å². The minimum absolute atomic E-state index is 0.0122. The molecule has 2 N–H and O–H groups in total. The quantitative estimate of drug-likeness (QED) is 0.845. The van der Waals surface area contributed by atoms with Gasteiger partial charge in [0.05, 0.1) is 12.6 Å². The number of aliphatic hydroxyl groups is 1. The van der Waals surface area contributed by atoms with E-state index in [2.05, 4.69) is 0 Å². The van der Waals surface area contributed by atoms with Crippen LogP contribution >= 0.6 is 0 Å². The fraction of sp³-hybridized carbons (Fsp3) is 0.500. The minimum Gasteiger partial charge on any atom is -0.508 e. The van der Waals surface area contributed by atoms with E-state index in [1.54, 1.807) is 17.0 Å². The Bertz CT molecular complexity index is 419. The number of phenols is 1. The number of amides is 1. The average molecular weight is 249 g/mol. The molecule has 1 amide bonds. The summed E-state index contributed by atoms with van der Waals surface area (Å²) in [7, 11) is 0. The summed E-state index contributed by atoms with van der Waals surface area (Å²) in [6, 6.07) is 7.07. The number of aryl methyl sites for hydroxylation is 1. The molecule has 1 saturated heterocycles. The van der Waals surface area contributed by atoms with Crippen molar-refractivity contribution in [2.45, 2.75) is 31.7 Å². The van der Waals surface area contributed by atoms with Crippen molar-refractivity contribution in [3.8, 4) is 5.75 Å². The molecule has 4 heteroatoms. The maximum atomic E-state index is 12.0. The highest BCUT2D eigenvalue weighted by atomic mass is 16.3. The fourth-order valence-electron chi connectivity index (χ4n) is 2.46. The van der Waals surface area contributed by atoms with Gasteiger partial charge in [0.2, 0.25) is 5.91 Å². The summed E-state index contributed by atoms with van der Waals surface area (Å²) < 4.78 is 0. The van der Waals surface area contributed by atoms with Crippen molar-refractivity contribution < 1.29 is 15.0 Å². The topological polar surface area (TPSA) is 60.8 Å². The Morgan fingerprint density at radius 1 is 1.39 bits per heavy atom. The van der Waals surface area contributed by atoms with E-state index in [0.29, 0.717) is 12.8 Å². The molecule has 2 rings (SSSR count). The van der Waals surface area contributed by atoms with E-state index in [1.165, 1.54) is 0 Å². The highest BCUT2D eigenvalue weighted by Gasteiger charge is 2.27. The molecule has 18 heavy (non-hydrogen) atoms. The molecule has 0 radical (unpaired) electrons. The summed E-state index contributed by atoms with van der Waals surface area (Å²) >= 11 is 0. The van der Waals surface area contributed by atoms with E-state index in [4.69, 9.17) is 0 Å². The smallest absolute Gasteiger partial charge is 0.223 e. The second-order valence-electron chi connectivity index (χ2n) is 4.69. The van der Waals surface area contributed by atoms with E-state index < -0.39 is 0 Å². The van der Waals surface area contributed by atoms with Crippen LogP contribution in [0, 0.1) is 0 Å². The van der Waals surface area contributed by atoms with Crippen LogP contribution < -0.4 is 0 Å². The first-order valence-electron chi connectivity index (χ1n) is 6.39. The first-order valence-corrected chi connectivity index (χ1v) is 6.39. The fourth-order valence-corrected chi connectivity index (χ4v) is 2.46. The zero-order valence-corrected chi connectivity index (χ0v) is 10.4. The first kappa shape index (κ1) is 12.9. The van der Waals surface area contributed by atoms with Gasteiger partial charge in [0.25, 0.3) is 0 Å². The number of para-hydroxylation sites is 1. The number of hydrogen-bond donors (Lipinski definition) is 2. The number of likely N-dealkylation sites (tertiary alicyclic amines) is 1. The summed E-state index contributed by atoms with van der Waals surface area (Å²) in [5.74, 6) is 0.306. The Balaban J connectivity index is 1.90. The van der Waals surface area contributed by atoms with Gasteiger partial charge >= 0.3 is 0 Å². The van der Waals surface area contributed by atoms with Gasteiger partial charge in [0.15, 0.2) is 0 Å². The molecule has 0 bridgehead atoms. The summed E-state index contributed by atoms with van der Waals surface area (Å²) in [4.78, 5) is 13.8. The minimum atomic E-state index is -0.0122. The van der Waals surface area contributed by atoms with Gasteiger partial charge < -0.3 is 15.1 Å². The van der Waals surface area contributed by atoms with Gasteiger partial charge in [-0.15, -0.1) is 0 Å². The molecule has 4 nitrogen and oxygen atoms in total. The van der Waals surface area contributed by atoms with Crippen LogP contribution in [-0.4, -0.2) is 40.2 Å². The Hall–Kier alpha value is -1.55. The monoisotopic (exact) mass is 249 g/mol. The third-order valence-corrected chi connectivity index (χ3v) is 3.51. The van der Waals surface area contributed by atoms with Crippen molar-refractivity contribution in [3.63, 3.8) is 0 Å². The normalized spacial score (nSPS) is 19.2. The zero-order valence-electron chi connectivity index (χ0n) is 10.4. The van der Waals surface area contributed by atoms with E-state index in [-0.39, 0.29) is 24.3 Å². The SMILES string of the molecule is O=C(CCc1ccccc1O)N1CCCC1CO. The van der Waals surface area contributed by atoms with E-state index in [9.17, 15) is 15.0 Å². The lowest BCUT2D eigenvalue weighted by atomic mass is 10.1. The Labute approximate surface area is 107 Å². The van der Waals surface area contributed by atoms with Crippen LogP contribution in [-0.2, 0) is 11.2 Å². The summed E-state index contributed by atoms with van der Waals surface area (Å²) in [6.07, 6.45) is 2.78. The molecule has 1 aliphatic rings. The average Bonchev–Trinajstić information content (AvgIpc) is 2.86. The second kappa shape index (κ2) is 5.87. The number of nitrogens with zero attached hydrogens (tertiary/aromatic N) is 1. The number of hydrogen-bond acceptors (Lipinski definition) is 3. The summed E-state index contributed by atoms with van der Waals surface area (Å²) in [5.41, 5.74) is 0.797. The molecule has 0 spiro atoms. The van der Waals surface area contributed by atoms with Crippen molar-refractivity contribution in [2.24, 2.45) is 0 Å². The summed E-state index contributed by atoms with van der Waals surface area (Å²) in [6.45, 7) is 0.785. The third kappa shape index (κ3) is 2.82. The maximum Gasteiger partial charge on any atom is 0.223 e. The summed E-state index contributed by atoms with van der Waals surface area (Å²) in [5, 5.41) is 18.8. The van der Waals surface area contributed by atoms with E-state index in [0.717, 1.165) is 24.9 Å². The lowest BCUT2D eigenvalue weighted by molar-refractivity contribution is -0.132. The molecule has 0 saturated carbocycles. The molecule has 0 aliphatic carbocycles. The highest BCUT2D eigenvalue weighted by Crippen LogP contribution is 2.21. The molecule has 1 aromatic rings. The molecular weight excluding hydrogens is 230 g/mol. The molecule has 1 unspecified atom stereocenters. The van der Waals surface area contributed by atoms with Gasteiger partial charge in [-0.3, -0.25) is 4.79 Å². The van der Waals surface area contributed by atoms with Gasteiger partial charge in [-0.25, -0.2) is 0 Å². The molecule has 1 heterocycles. The van der Waals surface area contributed by atoms with Gasteiger partial charge in [-0.1, -0.05) is 18.2 Å². The van der Waals surface area contributed by atoms with Crippen LogP contribution in [0.4, 0.5) is 0 Å². The van der Waals surface area contributed by atoms with Gasteiger partial charge in [0, 0.05) is 13.0 Å². The Morgan fingerprint density at radius 2 is 2.17 bits per heavy atom. The van der Waals surface area contributed by atoms with Crippen LogP contribution in [0.2, 0.25) is 0 Å². The van der Waals surface area contributed by atoms with Crippen LogP contribution in [0.1, 0.15) is 24.8 Å². The van der Waals surface area contributed by atoms with Crippen LogP contribution in [0.15, 0.2) is 24.3 Å². The van der Waals surface area contributed by atoms with Crippen LogP contribution in [0.5, 0.6) is 5.75 Å². The Morgan fingerprint density at radius 3 is 2.89 bits per heavy atom. The van der Waals surface area contributed by atoms with Gasteiger partial charge in [-0.2, -0.15) is 0 Å². The molecule has 1 fully saturated rings. The predicted molar refractivity (Wildman–Crippen MR) is 68.2 cm³/mol. The van der Waals surface area contributed by atoms with Crippen molar-refractivity contribution >= 4 is 5.91 Å². The number of carbonyl (C=O) groups excluding carboxylic acids is 1. The lowest BCUT2D eigenvalue weighted by Crippen LogP contribution is -2.37. The van der Waals surface area contributed by atoms with Gasteiger partial charge in [-0.05, 0) is 30.9 Å². The molecule has 0 aromatic heterocycles. The highest BCUT2D eigenvalue weighted by molar-refractivity contribution is 5.77. The van der Waals surface area contributed by atoms with Crippen molar-refractivity contribution in [1.29, 1.82) is 0 Å². The first-order chi connectivity index (χ1) is 8.72. The molecule has 1 aliphatic heterocycles. The number of aliphatic hydroxyl groups excluding tert-OH is 1. The number of carbonyl (C=O) groups is 1. The van der Waals surface area contributed by atoms with Crippen molar-refractivity contribution in [2.75, 3.05) is 13.2 Å². The van der Waals surface area contributed by atoms with Crippen molar-refractivity contribution in [3.05, 3.63) is 29.8 Å². The second-order valence-corrected chi connectivity index (χ2v) is 4.69. The molecular formula is C14H19NO3. The number of phenolic OH excluding ortho intramolecular Hbond substituents is 1. The molecule has 1 atom stereocenters. The van der Waals surface area contributed by atoms with Crippen LogP contribution in [0.3, 0.4) is 0 Å². The largest absolute Gasteiger partial charge is 0.508 e. The maximum absolute atomic E-state index is 12.0. The lowest BCUT2D eigenvalue weighted by Gasteiger charge is -2.23. The standard InChI is InChI=1S/C14H19NO3/c16-10-12-5-3-9-15(12)14(18)8-7-11-4-1-2-6-13(11)17/h1-2,4,6,12,16-17H,3,5,7-10H2. The number of rotatable bonds is 4. The third-order valence-electron chi connectivity index (χ3n) is 3.51. The van der Waals surface area contributed by atoms with E-state index in [1.807, 2.05) is 12.1 Å². The predicted octanol–water partition coefficient (Wildman–Crippen LogP) is 1.31. The number of benzene rings is 1. The molecule has 98 valence electrons. The van der Waals surface area contributed by atoms with E-state index >= 15 is 0 Å². The molecule has 1 aromatic carbocycles. The Kier molecular flexibility index (Phi) is 4.20. The van der Waals surface area contributed by atoms with Crippen molar-refractivity contribution in [1.82, 2.24) is 4.90 Å². The zero-order chi connectivity index (χ0) is 13.0. The van der Waals surface area contributed by atoms with Gasteiger partial charge in [0.1, 0.15) is 5.75 Å². The number of aromatic hydroxyl groups is 1.